The van der Waals surface area contributed by atoms with Gasteiger partial charge in [-0.2, -0.15) is 10.2 Å². The van der Waals surface area contributed by atoms with Crippen molar-refractivity contribution < 1.29 is 0 Å². The first-order valence-corrected chi connectivity index (χ1v) is 7.51. The minimum absolute atomic E-state index is 0.412. The van der Waals surface area contributed by atoms with Gasteiger partial charge in [0, 0.05) is 25.0 Å². The molecule has 1 saturated heterocycles. The number of hydrogen-bond acceptors (Lipinski definition) is 3. The molecule has 3 rings (SSSR count). The molecule has 1 aliphatic heterocycles. The number of nitrogens with zero attached hydrogens (tertiary/aromatic N) is 4. The quantitative estimate of drug-likeness (QED) is 0.932. The summed E-state index contributed by atoms with van der Waals surface area (Å²) >= 11 is 0. The van der Waals surface area contributed by atoms with Gasteiger partial charge in [0.15, 0.2) is 0 Å². The molecule has 3 heterocycles. The Kier molecular flexibility index (Phi) is 3.87. The van der Waals surface area contributed by atoms with E-state index in [4.69, 9.17) is 0 Å². The van der Waals surface area contributed by atoms with E-state index in [0.29, 0.717) is 12.1 Å². The topological polar surface area (TPSA) is 49.7 Å². The standard InChI is InChI=1S/C15H23N5/c1-12(2)20-13(6-9-17-20)11-19-10-4-3-5-15(19)14-7-8-16-18-14/h6-9,12,15H,3-5,10-11H2,1-2H3,(H,16,18). The molecular weight excluding hydrogens is 250 g/mol. The van der Waals surface area contributed by atoms with Gasteiger partial charge in [-0.15, -0.1) is 0 Å². The van der Waals surface area contributed by atoms with Gasteiger partial charge < -0.3 is 0 Å². The summed E-state index contributed by atoms with van der Waals surface area (Å²) in [5, 5.41) is 11.7. The zero-order valence-electron chi connectivity index (χ0n) is 12.3. The number of likely N-dealkylation sites (tertiary alicyclic amines) is 1. The predicted molar refractivity (Wildman–Crippen MR) is 78.2 cm³/mol. The number of nitrogens with one attached hydrogen (secondary N) is 1. The number of H-pyrrole nitrogens is 1. The number of aromatic amines is 1. The summed E-state index contributed by atoms with van der Waals surface area (Å²) in [6.07, 6.45) is 7.53. The molecule has 0 saturated carbocycles. The van der Waals surface area contributed by atoms with E-state index in [-0.39, 0.29) is 0 Å². The first-order chi connectivity index (χ1) is 9.75. The lowest BCUT2D eigenvalue weighted by Gasteiger charge is -2.35. The van der Waals surface area contributed by atoms with Gasteiger partial charge in [-0.1, -0.05) is 6.42 Å². The van der Waals surface area contributed by atoms with Gasteiger partial charge in [0.05, 0.1) is 17.4 Å². The minimum Gasteiger partial charge on any atom is -0.289 e. The van der Waals surface area contributed by atoms with Crippen molar-refractivity contribution >= 4 is 0 Å². The van der Waals surface area contributed by atoms with Crippen LogP contribution in [0.4, 0.5) is 0 Å². The molecule has 0 amide bonds. The SMILES string of the molecule is CC(C)n1nccc1CN1CCCCC1c1ccn[nH]1. The molecule has 108 valence electrons. The summed E-state index contributed by atoms with van der Waals surface area (Å²) in [7, 11) is 0. The minimum atomic E-state index is 0.412. The van der Waals surface area contributed by atoms with E-state index < -0.39 is 0 Å². The first-order valence-electron chi connectivity index (χ1n) is 7.51. The molecule has 0 bridgehead atoms. The van der Waals surface area contributed by atoms with Crippen LogP contribution in [0.3, 0.4) is 0 Å². The van der Waals surface area contributed by atoms with Gasteiger partial charge in [-0.05, 0) is 45.4 Å². The zero-order valence-corrected chi connectivity index (χ0v) is 12.3. The summed E-state index contributed by atoms with van der Waals surface area (Å²) in [4.78, 5) is 2.55. The summed E-state index contributed by atoms with van der Waals surface area (Å²) in [6.45, 7) is 6.47. The van der Waals surface area contributed by atoms with Crippen LogP contribution in [0.15, 0.2) is 24.5 Å². The van der Waals surface area contributed by atoms with Crippen molar-refractivity contribution in [2.75, 3.05) is 6.54 Å². The van der Waals surface area contributed by atoms with Crippen molar-refractivity contribution in [3.05, 3.63) is 35.9 Å². The van der Waals surface area contributed by atoms with Gasteiger partial charge in [-0.3, -0.25) is 14.7 Å². The van der Waals surface area contributed by atoms with E-state index >= 15 is 0 Å². The largest absolute Gasteiger partial charge is 0.289 e. The maximum absolute atomic E-state index is 4.44. The van der Waals surface area contributed by atoms with Crippen LogP contribution in [0, 0.1) is 0 Å². The molecule has 1 fully saturated rings. The van der Waals surface area contributed by atoms with Gasteiger partial charge in [0.2, 0.25) is 0 Å². The van der Waals surface area contributed by atoms with Gasteiger partial charge in [-0.25, -0.2) is 0 Å². The number of piperidine rings is 1. The maximum atomic E-state index is 4.44. The van der Waals surface area contributed by atoms with Crippen molar-refractivity contribution in [3.8, 4) is 0 Å². The Morgan fingerprint density at radius 3 is 2.95 bits per heavy atom. The lowest BCUT2D eigenvalue weighted by atomic mass is 9.99. The summed E-state index contributed by atoms with van der Waals surface area (Å²) in [5.74, 6) is 0. The second-order valence-electron chi connectivity index (χ2n) is 5.85. The molecule has 0 aromatic carbocycles. The highest BCUT2D eigenvalue weighted by molar-refractivity contribution is 5.08. The molecule has 0 radical (unpaired) electrons. The summed E-state index contributed by atoms with van der Waals surface area (Å²) < 4.78 is 2.12. The lowest BCUT2D eigenvalue weighted by Crippen LogP contribution is -2.34. The molecule has 20 heavy (non-hydrogen) atoms. The molecule has 0 aliphatic carbocycles. The number of aromatic nitrogens is 4. The summed E-state index contributed by atoms with van der Waals surface area (Å²) in [6, 6.07) is 5.11. The molecule has 5 heteroatoms. The van der Waals surface area contributed by atoms with E-state index in [1.807, 2.05) is 12.4 Å². The Hall–Kier alpha value is -1.62. The Labute approximate surface area is 120 Å². The third-order valence-corrected chi connectivity index (χ3v) is 4.10. The van der Waals surface area contributed by atoms with Crippen LogP contribution >= 0.6 is 0 Å². The van der Waals surface area contributed by atoms with E-state index in [9.17, 15) is 0 Å². The van der Waals surface area contributed by atoms with Crippen LogP contribution in [0.5, 0.6) is 0 Å². The second kappa shape index (κ2) is 5.79. The van der Waals surface area contributed by atoms with E-state index in [1.165, 1.54) is 30.7 Å². The average molecular weight is 273 g/mol. The van der Waals surface area contributed by atoms with E-state index in [0.717, 1.165) is 13.1 Å². The Bertz CT molecular complexity index is 528. The molecule has 1 atom stereocenters. The smallest absolute Gasteiger partial charge is 0.0527 e. The van der Waals surface area contributed by atoms with Gasteiger partial charge in [0.25, 0.3) is 0 Å². The molecule has 1 unspecified atom stereocenters. The van der Waals surface area contributed by atoms with Gasteiger partial charge in [0.1, 0.15) is 0 Å². The zero-order chi connectivity index (χ0) is 13.9. The monoisotopic (exact) mass is 273 g/mol. The predicted octanol–water partition coefficient (Wildman–Crippen LogP) is 2.91. The van der Waals surface area contributed by atoms with E-state index in [1.54, 1.807) is 0 Å². The first kappa shape index (κ1) is 13.4. The molecular formula is C15H23N5. The van der Waals surface area contributed by atoms with Crippen LogP contribution in [0.2, 0.25) is 0 Å². The third-order valence-electron chi connectivity index (χ3n) is 4.10. The van der Waals surface area contributed by atoms with Crippen molar-refractivity contribution in [1.82, 2.24) is 24.9 Å². The Morgan fingerprint density at radius 1 is 1.30 bits per heavy atom. The fourth-order valence-corrected chi connectivity index (χ4v) is 3.12. The van der Waals surface area contributed by atoms with E-state index in [2.05, 4.69) is 50.9 Å². The van der Waals surface area contributed by atoms with Crippen molar-refractivity contribution in [1.29, 1.82) is 0 Å². The second-order valence-corrected chi connectivity index (χ2v) is 5.85. The molecule has 5 nitrogen and oxygen atoms in total. The van der Waals surface area contributed by atoms with Crippen molar-refractivity contribution in [3.63, 3.8) is 0 Å². The highest BCUT2D eigenvalue weighted by Crippen LogP contribution is 2.31. The fourth-order valence-electron chi connectivity index (χ4n) is 3.12. The van der Waals surface area contributed by atoms with Crippen molar-refractivity contribution in [2.45, 2.75) is 51.7 Å². The number of hydrogen-bond donors (Lipinski definition) is 1. The maximum Gasteiger partial charge on any atom is 0.0527 e. The Morgan fingerprint density at radius 2 is 2.20 bits per heavy atom. The highest BCUT2D eigenvalue weighted by atomic mass is 15.3. The normalized spacial score (nSPS) is 20.6. The molecule has 2 aromatic heterocycles. The van der Waals surface area contributed by atoms with Crippen LogP contribution in [-0.4, -0.2) is 31.4 Å². The average Bonchev–Trinajstić information content (AvgIpc) is 3.09. The highest BCUT2D eigenvalue weighted by Gasteiger charge is 2.25. The lowest BCUT2D eigenvalue weighted by molar-refractivity contribution is 0.132. The summed E-state index contributed by atoms with van der Waals surface area (Å²) in [5.41, 5.74) is 2.53. The number of rotatable bonds is 4. The Balaban J connectivity index is 1.79. The fraction of sp³-hybridized carbons (Fsp3) is 0.600. The van der Waals surface area contributed by atoms with Crippen LogP contribution in [-0.2, 0) is 6.54 Å². The molecule has 1 aliphatic rings. The molecule has 1 N–H and O–H groups in total. The van der Waals surface area contributed by atoms with Crippen molar-refractivity contribution in [2.24, 2.45) is 0 Å². The third kappa shape index (κ3) is 2.63. The van der Waals surface area contributed by atoms with Crippen LogP contribution in [0.1, 0.15) is 56.6 Å². The van der Waals surface area contributed by atoms with Crippen LogP contribution < -0.4 is 0 Å². The molecule has 2 aromatic rings. The van der Waals surface area contributed by atoms with Crippen LogP contribution in [0.25, 0.3) is 0 Å². The molecule has 0 spiro atoms. The van der Waals surface area contributed by atoms with Gasteiger partial charge >= 0.3 is 0 Å².